The third-order valence-electron chi connectivity index (χ3n) is 5.54. The molecule has 3 aromatic rings. The van der Waals surface area contributed by atoms with Gasteiger partial charge in [-0.25, -0.2) is 4.98 Å². The summed E-state index contributed by atoms with van der Waals surface area (Å²) in [6, 6.07) is 11.3. The summed E-state index contributed by atoms with van der Waals surface area (Å²) in [4.78, 5) is 26.5. The van der Waals surface area contributed by atoms with Gasteiger partial charge in [0.1, 0.15) is 17.3 Å². The number of ether oxygens (including phenoxy) is 2. The molecule has 1 aliphatic heterocycles. The zero-order chi connectivity index (χ0) is 20.9. The van der Waals surface area contributed by atoms with Gasteiger partial charge in [0.15, 0.2) is 0 Å². The van der Waals surface area contributed by atoms with E-state index in [2.05, 4.69) is 14.9 Å². The summed E-state index contributed by atoms with van der Waals surface area (Å²) in [6.45, 7) is 1.66. The van der Waals surface area contributed by atoms with Crippen molar-refractivity contribution in [3.05, 3.63) is 70.4 Å². The van der Waals surface area contributed by atoms with E-state index < -0.39 is 0 Å². The average molecular weight is 406 g/mol. The smallest absolute Gasteiger partial charge is 0.251 e. The molecule has 7 heteroatoms. The zero-order valence-corrected chi connectivity index (χ0v) is 17.3. The van der Waals surface area contributed by atoms with Crippen LogP contribution >= 0.6 is 0 Å². The molecule has 3 heterocycles. The van der Waals surface area contributed by atoms with E-state index in [0.717, 1.165) is 60.7 Å². The largest absolute Gasteiger partial charge is 0.497 e. The second-order valence-electron chi connectivity index (χ2n) is 7.41. The number of nitrogens with one attached hydrogen (secondary N) is 1. The van der Waals surface area contributed by atoms with Gasteiger partial charge < -0.3 is 14.5 Å². The molecule has 0 unspecified atom stereocenters. The molecule has 1 aliphatic rings. The number of nitrogens with zero attached hydrogens (tertiary/aromatic N) is 3. The van der Waals surface area contributed by atoms with E-state index in [-0.39, 0.29) is 11.6 Å². The van der Waals surface area contributed by atoms with Crippen molar-refractivity contribution in [3.63, 3.8) is 0 Å². The molecule has 0 spiro atoms. The lowest BCUT2D eigenvalue weighted by Crippen LogP contribution is -2.34. The average Bonchev–Trinajstić information content (AvgIpc) is 2.80. The van der Waals surface area contributed by atoms with E-state index in [0.29, 0.717) is 5.82 Å². The van der Waals surface area contributed by atoms with Crippen LogP contribution in [0.5, 0.6) is 11.5 Å². The van der Waals surface area contributed by atoms with Crippen molar-refractivity contribution in [1.82, 2.24) is 19.9 Å². The highest BCUT2D eigenvalue weighted by atomic mass is 16.5. The Kier molecular flexibility index (Phi) is 6.09. The second-order valence-corrected chi connectivity index (χ2v) is 7.41. The van der Waals surface area contributed by atoms with E-state index in [1.807, 2.05) is 30.3 Å². The number of piperidine rings is 1. The fourth-order valence-corrected chi connectivity index (χ4v) is 4.01. The molecule has 1 aromatic carbocycles. The molecule has 1 saturated heterocycles. The van der Waals surface area contributed by atoms with Crippen LogP contribution < -0.4 is 15.0 Å². The minimum absolute atomic E-state index is 0.0773. The minimum atomic E-state index is -0.139. The lowest BCUT2D eigenvalue weighted by Gasteiger charge is -2.35. The van der Waals surface area contributed by atoms with Crippen molar-refractivity contribution in [2.45, 2.75) is 31.8 Å². The maximum absolute atomic E-state index is 12.4. The van der Waals surface area contributed by atoms with Crippen LogP contribution in [-0.4, -0.2) is 40.6 Å². The van der Waals surface area contributed by atoms with Gasteiger partial charge >= 0.3 is 0 Å². The monoisotopic (exact) mass is 406 g/mol. The Morgan fingerprint density at radius 1 is 1.10 bits per heavy atom. The maximum atomic E-state index is 12.4. The maximum Gasteiger partial charge on any atom is 0.251 e. The molecular formula is C23H26N4O3. The first-order valence-electron chi connectivity index (χ1n) is 10.1. The highest BCUT2D eigenvalue weighted by molar-refractivity contribution is 5.53. The number of H-pyrrole nitrogens is 1. The molecule has 0 bridgehead atoms. The molecule has 0 radical (unpaired) electrons. The van der Waals surface area contributed by atoms with Gasteiger partial charge in [-0.2, -0.15) is 0 Å². The van der Waals surface area contributed by atoms with Gasteiger partial charge in [0.05, 0.1) is 26.0 Å². The Morgan fingerprint density at radius 3 is 2.70 bits per heavy atom. The molecule has 0 saturated carbocycles. The lowest BCUT2D eigenvalue weighted by atomic mass is 9.98. The van der Waals surface area contributed by atoms with Crippen molar-refractivity contribution in [2.75, 3.05) is 20.8 Å². The summed E-state index contributed by atoms with van der Waals surface area (Å²) in [7, 11) is 3.32. The van der Waals surface area contributed by atoms with Gasteiger partial charge in [0.2, 0.25) is 0 Å². The molecule has 30 heavy (non-hydrogen) atoms. The molecule has 156 valence electrons. The standard InChI is InChI=1S/C23H26N4O3/c1-29-18-7-6-17(21(13-18)30-2)15-27-12-4-3-5-20(27)19-14-22(28)26-23(25-19)16-8-10-24-11-9-16/h6-11,13-14,20H,3-5,12,15H2,1-2H3,(H,25,26,28)/t20-/m0/s1. The van der Waals surface area contributed by atoms with Gasteiger partial charge in [-0.15, -0.1) is 0 Å². The number of benzene rings is 1. The topological polar surface area (TPSA) is 80.3 Å². The van der Waals surface area contributed by atoms with E-state index in [9.17, 15) is 4.79 Å². The minimum Gasteiger partial charge on any atom is -0.497 e. The Bertz CT molecular complexity index is 1050. The summed E-state index contributed by atoms with van der Waals surface area (Å²) in [5.41, 5.74) is 2.60. The number of hydrogen-bond donors (Lipinski definition) is 1. The first-order valence-corrected chi connectivity index (χ1v) is 10.1. The molecule has 0 aliphatic carbocycles. The van der Waals surface area contributed by atoms with Crippen molar-refractivity contribution >= 4 is 0 Å². The number of methoxy groups -OCH3 is 2. The quantitative estimate of drug-likeness (QED) is 0.674. The van der Waals surface area contributed by atoms with Crippen molar-refractivity contribution < 1.29 is 9.47 Å². The fourth-order valence-electron chi connectivity index (χ4n) is 4.01. The summed E-state index contributed by atoms with van der Waals surface area (Å²) >= 11 is 0. The molecule has 1 N–H and O–H groups in total. The van der Waals surface area contributed by atoms with E-state index in [1.165, 1.54) is 0 Å². The van der Waals surface area contributed by atoms with Gasteiger partial charge in [-0.3, -0.25) is 14.7 Å². The van der Waals surface area contributed by atoms with E-state index in [4.69, 9.17) is 14.5 Å². The normalized spacial score (nSPS) is 16.9. The molecule has 0 amide bonds. The number of aromatic nitrogens is 3. The van der Waals surface area contributed by atoms with Crippen LogP contribution in [0.25, 0.3) is 11.4 Å². The van der Waals surface area contributed by atoms with Gasteiger partial charge in [0.25, 0.3) is 5.56 Å². The first-order chi connectivity index (χ1) is 14.7. The highest BCUT2D eigenvalue weighted by Crippen LogP contribution is 2.34. The van der Waals surface area contributed by atoms with Crippen LogP contribution in [0.1, 0.15) is 36.6 Å². The van der Waals surface area contributed by atoms with Crippen LogP contribution in [0.2, 0.25) is 0 Å². The van der Waals surface area contributed by atoms with Gasteiger partial charge in [-0.1, -0.05) is 12.5 Å². The van der Waals surface area contributed by atoms with Crippen LogP contribution in [0.4, 0.5) is 0 Å². The second kappa shape index (κ2) is 9.09. The summed E-state index contributed by atoms with van der Waals surface area (Å²) in [5, 5.41) is 0. The molecule has 1 fully saturated rings. The first kappa shape index (κ1) is 20.1. The number of hydrogen-bond acceptors (Lipinski definition) is 6. The summed E-state index contributed by atoms with van der Waals surface area (Å²) < 4.78 is 10.9. The SMILES string of the molecule is COc1ccc(CN2CCCC[C@H]2c2cc(=O)[nH]c(-c3ccncc3)n2)c(OC)c1. The highest BCUT2D eigenvalue weighted by Gasteiger charge is 2.27. The molecule has 1 atom stereocenters. The zero-order valence-electron chi connectivity index (χ0n) is 17.3. The van der Waals surface area contributed by atoms with E-state index >= 15 is 0 Å². The number of likely N-dealkylation sites (tertiary alicyclic amines) is 1. The Labute approximate surface area is 175 Å². The lowest BCUT2D eigenvalue weighted by molar-refractivity contribution is 0.136. The van der Waals surface area contributed by atoms with Crippen LogP contribution in [0, 0.1) is 0 Å². The molecule has 2 aromatic heterocycles. The summed E-state index contributed by atoms with van der Waals surface area (Å²) in [5.74, 6) is 2.14. The fraction of sp³-hybridized carbons (Fsp3) is 0.348. The van der Waals surface area contributed by atoms with Crippen LogP contribution in [0.15, 0.2) is 53.6 Å². The number of pyridine rings is 1. The predicted molar refractivity (Wildman–Crippen MR) is 115 cm³/mol. The number of aromatic amines is 1. The molecule has 4 rings (SSSR count). The Balaban J connectivity index is 1.65. The van der Waals surface area contributed by atoms with Gasteiger partial charge in [-0.05, 0) is 37.6 Å². The van der Waals surface area contributed by atoms with Crippen molar-refractivity contribution in [2.24, 2.45) is 0 Å². The molecular weight excluding hydrogens is 380 g/mol. The van der Waals surface area contributed by atoms with Gasteiger partial charge in [0, 0.05) is 42.2 Å². The third kappa shape index (κ3) is 4.36. The Hall–Kier alpha value is -3.19. The van der Waals surface area contributed by atoms with Crippen molar-refractivity contribution in [1.29, 1.82) is 0 Å². The molecule has 7 nitrogen and oxygen atoms in total. The van der Waals surface area contributed by atoms with Crippen LogP contribution in [0.3, 0.4) is 0 Å². The predicted octanol–water partition coefficient (Wildman–Crippen LogP) is 3.58. The van der Waals surface area contributed by atoms with Crippen LogP contribution in [-0.2, 0) is 6.54 Å². The van der Waals surface area contributed by atoms with E-state index in [1.54, 1.807) is 32.7 Å². The summed E-state index contributed by atoms with van der Waals surface area (Å²) in [6.07, 6.45) is 6.59. The Morgan fingerprint density at radius 2 is 1.93 bits per heavy atom. The van der Waals surface area contributed by atoms with Crippen molar-refractivity contribution in [3.8, 4) is 22.9 Å². The third-order valence-corrected chi connectivity index (χ3v) is 5.54. The number of rotatable bonds is 6.